The first-order valence-electron chi connectivity index (χ1n) is 11.4. The minimum atomic E-state index is -3.44. The van der Waals surface area contributed by atoms with E-state index in [9.17, 15) is 13.2 Å². The van der Waals surface area contributed by atoms with Gasteiger partial charge in [0.15, 0.2) is 0 Å². The minimum Gasteiger partial charge on any atom is -0.352 e. The van der Waals surface area contributed by atoms with Crippen LogP contribution in [0.1, 0.15) is 44.1 Å². The molecular formula is C23H33N3O3S. The average Bonchev–Trinajstić information content (AvgIpc) is 2.71. The van der Waals surface area contributed by atoms with Crippen LogP contribution in [0.5, 0.6) is 0 Å². The van der Waals surface area contributed by atoms with Crippen LogP contribution in [0.4, 0.5) is 0 Å². The Morgan fingerprint density at radius 3 is 2.03 bits per heavy atom. The number of carbonyl (C=O) groups excluding carboxylic acids is 1. The molecule has 1 aliphatic heterocycles. The maximum Gasteiger partial charge on any atom is 0.243 e. The van der Waals surface area contributed by atoms with Crippen molar-refractivity contribution in [2.45, 2.75) is 50.0 Å². The van der Waals surface area contributed by atoms with E-state index in [1.54, 1.807) is 16.4 Å². The number of nitrogens with one attached hydrogen (secondary N) is 1. The highest BCUT2D eigenvalue weighted by Gasteiger charge is 2.54. The molecule has 5 fully saturated rings. The molecule has 0 spiro atoms. The highest BCUT2D eigenvalue weighted by molar-refractivity contribution is 7.89. The number of sulfonamides is 1. The van der Waals surface area contributed by atoms with Gasteiger partial charge in [-0.25, -0.2) is 8.42 Å². The van der Waals surface area contributed by atoms with Crippen LogP contribution in [0.2, 0.25) is 0 Å². The standard InChI is InChI=1S/C23H33N3O3S/c1-25-6-8-26(9-7-25)30(28,29)21-4-2-17(3-5-21)16-24-22(27)23-13-18-10-19(14-23)12-20(11-18)15-23/h2-5,18-20H,6-16H2,1H3,(H,24,27). The van der Waals surface area contributed by atoms with Crippen LogP contribution in [0.3, 0.4) is 0 Å². The number of likely N-dealkylation sites (N-methyl/N-ethyl adjacent to an activating group) is 1. The summed E-state index contributed by atoms with van der Waals surface area (Å²) in [6.45, 7) is 3.04. The molecule has 1 heterocycles. The SMILES string of the molecule is CN1CCN(S(=O)(=O)c2ccc(CNC(=O)C34CC5CC(CC(C5)C3)C4)cc2)CC1. The molecule has 6 nitrogen and oxygen atoms in total. The number of benzene rings is 1. The van der Waals surface area contributed by atoms with Gasteiger partial charge in [-0.3, -0.25) is 4.79 Å². The molecule has 0 radical (unpaired) electrons. The van der Waals surface area contributed by atoms with Crippen LogP contribution in [0.25, 0.3) is 0 Å². The van der Waals surface area contributed by atoms with Crippen molar-refractivity contribution >= 4 is 15.9 Å². The normalized spacial score (nSPS) is 34.2. The quantitative estimate of drug-likeness (QED) is 0.778. The van der Waals surface area contributed by atoms with Crippen LogP contribution in [-0.4, -0.2) is 56.8 Å². The second-order valence-corrected chi connectivity index (χ2v) is 12.2. The highest BCUT2D eigenvalue weighted by atomic mass is 32.2. The van der Waals surface area contributed by atoms with Gasteiger partial charge in [-0.05, 0) is 81.0 Å². The van der Waals surface area contributed by atoms with Crippen molar-refractivity contribution in [3.8, 4) is 0 Å². The van der Waals surface area contributed by atoms with Gasteiger partial charge in [0.05, 0.1) is 4.90 Å². The van der Waals surface area contributed by atoms with Gasteiger partial charge in [-0.2, -0.15) is 4.31 Å². The molecule has 1 aromatic rings. The molecule has 0 unspecified atom stereocenters. The Morgan fingerprint density at radius 1 is 0.967 bits per heavy atom. The second kappa shape index (κ2) is 7.61. The van der Waals surface area contributed by atoms with Crippen molar-refractivity contribution in [1.29, 1.82) is 0 Å². The monoisotopic (exact) mass is 431 g/mol. The first kappa shape index (κ1) is 20.5. The van der Waals surface area contributed by atoms with Gasteiger partial charge in [0.25, 0.3) is 0 Å². The Kier molecular flexibility index (Phi) is 5.19. The van der Waals surface area contributed by atoms with Gasteiger partial charge < -0.3 is 10.2 Å². The third-order valence-electron chi connectivity index (χ3n) is 8.00. The van der Waals surface area contributed by atoms with E-state index in [-0.39, 0.29) is 11.3 Å². The number of hydrogen-bond donors (Lipinski definition) is 1. The first-order chi connectivity index (χ1) is 14.3. The predicted molar refractivity (Wildman–Crippen MR) is 115 cm³/mol. The number of rotatable bonds is 5. The molecule has 6 rings (SSSR count). The van der Waals surface area contributed by atoms with E-state index in [2.05, 4.69) is 10.2 Å². The topological polar surface area (TPSA) is 69.7 Å². The second-order valence-electron chi connectivity index (χ2n) is 10.2. The lowest BCUT2D eigenvalue weighted by molar-refractivity contribution is -0.146. The fourth-order valence-electron chi connectivity index (χ4n) is 6.72. The third kappa shape index (κ3) is 3.69. The molecule has 4 aliphatic carbocycles. The molecule has 4 saturated carbocycles. The molecule has 4 bridgehead atoms. The van der Waals surface area contributed by atoms with Gasteiger partial charge >= 0.3 is 0 Å². The molecule has 1 amide bonds. The van der Waals surface area contributed by atoms with Gasteiger partial charge in [-0.15, -0.1) is 0 Å². The Hall–Kier alpha value is -1.44. The minimum absolute atomic E-state index is 0.139. The van der Waals surface area contributed by atoms with E-state index in [0.717, 1.165) is 55.7 Å². The zero-order valence-electron chi connectivity index (χ0n) is 17.8. The van der Waals surface area contributed by atoms with E-state index in [0.29, 0.717) is 24.5 Å². The number of nitrogens with zero attached hydrogens (tertiary/aromatic N) is 2. The van der Waals surface area contributed by atoms with Crippen LogP contribution in [-0.2, 0) is 21.4 Å². The van der Waals surface area contributed by atoms with Gasteiger partial charge in [-0.1, -0.05) is 12.1 Å². The number of amides is 1. The third-order valence-corrected chi connectivity index (χ3v) is 9.91. The molecule has 0 aromatic heterocycles. The largest absolute Gasteiger partial charge is 0.352 e. The van der Waals surface area contributed by atoms with Crippen molar-refractivity contribution in [2.24, 2.45) is 23.2 Å². The van der Waals surface area contributed by atoms with E-state index in [4.69, 9.17) is 0 Å². The Labute approximate surface area is 180 Å². The zero-order valence-corrected chi connectivity index (χ0v) is 18.7. The van der Waals surface area contributed by atoms with Crippen LogP contribution in [0, 0.1) is 23.2 Å². The number of carbonyl (C=O) groups is 1. The maximum atomic E-state index is 13.1. The molecule has 1 N–H and O–H groups in total. The summed E-state index contributed by atoms with van der Waals surface area (Å²) in [6, 6.07) is 7.03. The van der Waals surface area contributed by atoms with Gasteiger partial charge in [0, 0.05) is 38.1 Å². The van der Waals surface area contributed by atoms with Crippen molar-refractivity contribution < 1.29 is 13.2 Å². The lowest BCUT2D eigenvalue weighted by Crippen LogP contribution is -2.53. The van der Waals surface area contributed by atoms with Crippen molar-refractivity contribution in [1.82, 2.24) is 14.5 Å². The first-order valence-corrected chi connectivity index (χ1v) is 12.8. The zero-order chi connectivity index (χ0) is 20.9. The number of hydrogen-bond acceptors (Lipinski definition) is 4. The molecular weight excluding hydrogens is 398 g/mol. The van der Waals surface area contributed by atoms with E-state index in [1.165, 1.54) is 19.3 Å². The van der Waals surface area contributed by atoms with Crippen molar-refractivity contribution in [2.75, 3.05) is 33.2 Å². The summed E-state index contributed by atoms with van der Waals surface area (Å²) >= 11 is 0. The average molecular weight is 432 g/mol. The van der Waals surface area contributed by atoms with Crippen molar-refractivity contribution in [3.63, 3.8) is 0 Å². The lowest BCUT2D eigenvalue weighted by Gasteiger charge is -2.55. The summed E-state index contributed by atoms with van der Waals surface area (Å²) < 4.78 is 27.3. The molecule has 30 heavy (non-hydrogen) atoms. The molecule has 1 aromatic carbocycles. The Morgan fingerprint density at radius 2 is 1.50 bits per heavy atom. The summed E-state index contributed by atoms with van der Waals surface area (Å²) in [5.41, 5.74) is 0.810. The van der Waals surface area contributed by atoms with Crippen LogP contribution < -0.4 is 5.32 Å². The highest BCUT2D eigenvalue weighted by Crippen LogP contribution is 2.60. The molecule has 1 saturated heterocycles. The summed E-state index contributed by atoms with van der Waals surface area (Å²) in [6.07, 6.45) is 7.18. The van der Waals surface area contributed by atoms with Crippen LogP contribution >= 0.6 is 0 Å². The van der Waals surface area contributed by atoms with Crippen molar-refractivity contribution in [3.05, 3.63) is 29.8 Å². The molecule has 7 heteroatoms. The molecule has 5 aliphatic rings. The fourth-order valence-corrected chi connectivity index (χ4v) is 8.14. The predicted octanol–water partition coefficient (Wildman–Crippen LogP) is 2.46. The van der Waals surface area contributed by atoms with Crippen LogP contribution in [0.15, 0.2) is 29.2 Å². The Bertz CT molecular complexity index is 869. The summed E-state index contributed by atoms with van der Waals surface area (Å²) in [4.78, 5) is 15.6. The van der Waals surface area contributed by atoms with E-state index in [1.807, 2.05) is 19.2 Å². The Balaban J connectivity index is 1.21. The fraction of sp³-hybridized carbons (Fsp3) is 0.696. The van der Waals surface area contributed by atoms with Gasteiger partial charge in [0.2, 0.25) is 15.9 Å². The van der Waals surface area contributed by atoms with E-state index >= 15 is 0 Å². The summed E-state index contributed by atoms with van der Waals surface area (Å²) in [7, 11) is -1.43. The smallest absolute Gasteiger partial charge is 0.243 e. The lowest BCUT2D eigenvalue weighted by atomic mass is 9.49. The maximum absolute atomic E-state index is 13.1. The summed E-state index contributed by atoms with van der Waals surface area (Å²) in [5, 5.41) is 3.18. The van der Waals surface area contributed by atoms with Gasteiger partial charge in [0.1, 0.15) is 0 Å². The molecule has 0 atom stereocenters. The number of piperazine rings is 1. The summed E-state index contributed by atoms with van der Waals surface area (Å²) in [5.74, 6) is 2.47. The molecule has 164 valence electrons. The van der Waals surface area contributed by atoms with E-state index < -0.39 is 10.0 Å².